The number of para-hydroxylation sites is 1. The van der Waals surface area contributed by atoms with E-state index in [-0.39, 0.29) is 5.91 Å². The smallest absolute Gasteiger partial charge is 0.227 e. The molecule has 1 aliphatic rings. The molecular weight excluding hydrogens is 298 g/mol. The summed E-state index contributed by atoms with van der Waals surface area (Å²) < 4.78 is 0. The summed E-state index contributed by atoms with van der Waals surface area (Å²) in [5.74, 6) is 0.174. The van der Waals surface area contributed by atoms with Crippen molar-refractivity contribution < 1.29 is 4.79 Å². The van der Waals surface area contributed by atoms with Crippen molar-refractivity contribution in [1.82, 2.24) is 14.9 Å². The molecule has 0 radical (unpaired) electrons. The van der Waals surface area contributed by atoms with Crippen molar-refractivity contribution in [2.75, 3.05) is 0 Å². The predicted molar refractivity (Wildman–Crippen MR) is 93.3 cm³/mol. The van der Waals surface area contributed by atoms with Crippen LogP contribution in [0.15, 0.2) is 61.1 Å². The number of carbonyl (C=O) groups excluding carboxylic acids is 1. The molecule has 1 aliphatic carbocycles. The molecule has 4 rings (SSSR count). The highest BCUT2D eigenvalue weighted by atomic mass is 16.2. The Morgan fingerprint density at radius 1 is 1.04 bits per heavy atom. The van der Waals surface area contributed by atoms with Crippen LogP contribution in [0.5, 0.6) is 0 Å². The lowest BCUT2D eigenvalue weighted by molar-refractivity contribution is -0.131. The maximum absolute atomic E-state index is 12.9. The van der Waals surface area contributed by atoms with Crippen LogP contribution < -0.4 is 0 Å². The standard InChI is InChI=1S/C20H19N3O/c24-19(13-17-4-1-3-16-5-2-10-22-20(16)17)23(18-6-7-18)14-15-8-11-21-12-9-15/h1-5,8-12,18H,6-7,13-14H2. The monoisotopic (exact) mass is 317 g/mol. The van der Waals surface area contributed by atoms with Gasteiger partial charge >= 0.3 is 0 Å². The van der Waals surface area contributed by atoms with Crippen molar-refractivity contribution in [3.05, 3.63) is 72.2 Å². The van der Waals surface area contributed by atoms with Gasteiger partial charge in [0.05, 0.1) is 11.9 Å². The van der Waals surface area contributed by atoms with Gasteiger partial charge in [0.1, 0.15) is 0 Å². The van der Waals surface area contributed by atoms with Gasteiger partial charge in [-0.05, 0) is 42.2 Å². The Morgan fingerprint density at radius 2 is 1.83 bits per heavy atom. The van der Waals surface area contributed by atoms with Crippen molar-refractivity contribution >= 4 is 16.8 Å². The number of benzene rings is 1. The Hall–Kier alpha value is -2.75. The summed E-state index contributed by atoms with van der Waals surface area (Å²) in [4.78, 5) is 23.4. The molecule has 1 aromatic carbocycles. The molecule has 1 fully saturated rings. The number of amides is 1. The predicted octanol–water partition coefficient (Wildman–Crippen LogP) is 3.36. The summed E-state index contributed by atoms with van der Waals surface area (Å²) in [7, 11) is 0. The third-order valence-electron chi connectivity index (χ3n) is 4.47. The van der Waals surface area contributed by atoms with Gasteiger partial charge in [-0.1, -0.05) is 24.3 Å². The summed E-state index contributed by atoms with van der Waals surface area (Å²) in [6.07, 6.45) is 7.94. The zero-order valence-corrected chi connectivity index (χ0v) is 13.4. The quantitative estimate of drug-likeness (QED) is 0.725. The van der Waals surface area contributed by atoms with E-state index in [1.165, 1.54) is 0 Å². The van der Waals surface area contributed by atoms with Crippen molar-refractivity contribution in [3.63, 3.8) is 0 Å². The van der Waals surface area contributed by atoms with Crippen LogP contribution in [0.1, 0.15) is 24.0 Å². The molecule has 1 amide bonds. The molecule has 0 spiro atoms. The third kappa shape index (κ3) is 3.13. The molecule has 2 aromatic heterocycles. The van der Waals surface area contributed by atoms with Gasteiger partial charge in [-0.3, -0.25) is 14.8 Å². The summed E-state index contributed by atoms with van der Waals surface area (Å²) >= 11 is 0. The second-order valence-electron chi connectivity index (χ2n) is 6.28. The van der Waals surface area contributed by atoms with E-state index in [4.69, 9.17) is 0 Å². The first kappa shape index (κ1) is 14.8. The molecule has 0 saturated heterocycles. The Bertz CT molecular complexity index is 854. The van der Waals surface area contributed by atoms with Crippen LogP contribution in [-0.4, -0.2) is 26.8 Å². The number of hydrogen-bond donors (Lipinski definition) is 0. The van der Waals surface area contributed by atoms with E-state index in [0.717, 1.165) is 34.9 Å². The largest absolute Gasteiger partial charge is 0.335 e. The first-order valence-corrected chi connectivity index (χ1v) is 8.32. The maximum atomic E-state index is 12.9. The van der Waals surface area contributed by atoms with Gasteiger partial charge in [0.2, 0.25) is 5.91 Å². The van der Waals surface area contributed by atoms with E-state index >= 15 is 0 Å². The highest BCUT2D eigenvalue weighted by molar-refractivity contribution is 5.87. The van der Waals surface area contributed by atoms with E-state index in [2.05, 4.69) is 9.97 Å². The minimum absolute atomic E-state index is 0.174. The van der Waals surface area contributed by atoms with E-state index in [1.54, 1.807) is 18.6 Å². The summed E-state index contributed by atoms with van der Waals surface area (Å²) in [5, 5.41) is 1.08. The van der Waals surface area contributed by atoms with Gasteiger partial charge in [0.25, 0.3) is 0 Å². The molecule has 0 N–H and O–H groups in total. The molecule has 0 atom stereocenters. The van der Waals surface area contributed by atoms with E-state index in [0.29, 0.717) is 19.0 Å². The fourth-order valence-corrected chi connectivity index (χ4v) is 3.07. The first-order chi connectivity index (χ1) is 11.8. The van der Waals surface area contributed by atoms with Gasteiger partial charge in [-0.15, -0.1) is 0 Å². The third-order valence-corrected chi connectivity index (χ3v) is 4.47. The molecule has 0 unspecified atom stereocenters. The van der Waals surface area contributed by atoms with Crippen molar-refractivity contribution in [2.45, 2.75) is 31.8 Å². The van der Waals surface area contributed by atoms with Crippen molar-refractivity contribution in [1.29, 1.82) is 0 Å². The molecule has 0 aliphatic heterocycles. The summed E-state index contributed by atoms with van der Waals surface area (Å²) in [6.45, 7) is 0.657. The minimum atomic E-state index is 0.174. The van der Waals surface area contributed by atoms with Gasteiger partial charge in [-0.2, -0.15) is 0 Å². The van der Waals surface area contributed by atoms with Crippen molar-refractivity contribution in [3.8, 4) is 0 Å². The molecule has 120 valence electrons. The van der Waals surface area contributed by atoms with Crippen LogP contribution in [0.2, 0.25) is 0 Å². The van der Waals surface area contributed by atoms with Gasteiger partial charge in [0.15, 0.2) is 0 Å². The Morgan fingerprint density at radius 3 is 2.62 bits per heavy atom. The fraction of sp³-hybridized carbons (Fsp3) is 0.250. The second kappa shape index (κ2) is 6.40. The Labute approximate surface area is 141 Å². The molecule has 3 aromatic rings. The molecule has 1 saturated carbocycles. The molecule has 4 nitrogen and oxygen atoms in total. The number of carbonyl (C=O) groups is 1. The zero-order chi connectivity index (χ0) is 16.4. The average molecular weight is 317 g/mol. The summed E-state index contributed by atoms with van der Waals surface area (Å²) in [5.41, 5.74) is 3.05. The van der Waals surface area contributed by atoms with Gasteiger partial charge in [-0.25, -0.2) is 0 Å². The number of rotatable bonds is 5. The van der Waals surface area contributed by atoms with Crippen LogP contribution in [0.4, 0.5) is 0 Å². The van der Waals surface area contributed by atoms with Crippen molar-refractivity contribution in [2.24, 2.45) is 0 Å². The number of hydrogen-bond acceptors (Lipinski definition) is 3. The molecular formula is C20H19N3O. The van der Waals surface area contributed by atoms with Crippen LogP contribution in [-0.2, 0) is 17.8 Å². The minimum Gasteiger partial charge on any atom is -0.335 e. The lowest BCUT2D eigenvalue weighted by Gasteiger charge is -2.23. The normalized spacial score (nSPS) is 13.8. The fourth-order valence-electron chi connectivity index (χ4n) is 3.07. The second-order valence-corrected chi connectivity index (χ2v) is 6.28. The topological polar surface area (TPSA) is 46.1 Å². The molecule has 2 heterocycles. The molecule has 24 heavy (non-hydrogen) atoms. The van der Waals surface area contributed by atoms with E-state index in [9.17, 15) is 4.79 Å². The highest BCUT2D eigenvalue weighted by Crippen LogP contribution is 2.29. The molecule has 0 bridgehead atoms. The Kier molecular flexibility index (Phi) is 3.95. The van der Waals surface area contributed by atoms with E-state index < -0.39 is 0 Å². The Balaban J connectivity index is 1.57. The average Bonchev–Trinajstić information content (AvgIpc) is 3.46. The van der Waals surface area contributed by atoms with E-state index in [1.807, 2.05) is 47.4 Å². The number of pyridine rings is 2. The number of aromatic nitrogens is 2. The maximum Gasteiger partial charge on any atom is 0.227 e. The summed E-state index contributed by atoms with van der Waals surface area (Å²) in [6, 6.07) is 14.3. The van der Waals surface area contributed by atoms with Crippen LogP contribution in [0.25, 0.3) is 10.9 Å². The SMILES string of the molecule is O=C(Cc1cccc2cccnc12)N(Cc1ccncc1)C1CC1. The lowest BCUT2D eigenvalue weighted by Crippen LogP contribution is -2.33. The first-order valence-electron chi connectivity index (χ1n) is 8.32. The van der Waals surface area contributed by atoms with Crippen LogP contribution in [0, 0.1) is 0 Å². The van der Waals surface area contributed by atoms with Crippen LogP contribution in [0.3, 0.4) is 0 Å². The van der Waals surface area contributed by atoms with Gasteiger partial charge < -0.3 is 4.90 Å². The number of nitrogens with zero attached hydrogens (tertiary/aromatic N) is 3. The van der Waals surface area contributed by atoms with Crippen LogP contribution >= 0.6 is 0 Å². The van der Waals surface area contributed by atoms with Gasteiger partial charge in [0, 0.05) is 36.6 Å². The highest BCUT2D eigenvalue weighted by Gasteiger charge is 2.32. The zero-order valence-electron chi connectivity index (χ0n) is 13.4. The lowest BCUT2D eigenvalue weighted by atomic mass is 10.1. The molecule has 4 heteroatoms. The number of fused-ring (bicyclic) bond motifs is 1.